The first kappa shape index (κ1) is 32.1. The van der Waals surface area contributed by atoms with E-state index >= 15 is 0 Å². The van der Waals surface area contributed by atoms with Gasteiger partial charge in [0.2, 0.25) is 0 Å². The predicted molar refractivity (Wildman–Crippen MR) is 177 cm³/mol. The molecule has 0 spiro atoms. The third-order valence-corrected chi connectivity index (χ3v) is 16.3. The third-order valence-electron chi connectivity index (χ3n) is 16.3. The van der Waals surface area contributed by atoms with Crippen molar-refractivity contribution in [3.63, 3.8) is 0 Å². The lowest BCUT2D eigenvalue weighted by Gasteiger charge is -2.73. The monoisotopic (exact) mass is 610 g/mol. The van der Waals surface area contributed by atoms with Crippen LogP contribution in [0, 0.1) is 56.7 Å². The molecular weight excluding hydrogens is 544 g/mol. The lowest BCUT2D eigenvalue weighted by atomic mass is 9.32. The quantitative estimate of drug-likeness (QED) is 0.221. The standard InChI is InChI=1S/C40H66O4/c1-27(2)28-16-21-40(26-43-33-12-8-10-24-41-33)23-22-38(6)29(35(28)40)14-15-31-37(5)19-18-32(44-34-13-9-11-25-42-34)36(3,4)30(37)17-20-39(31,38)7/h28-35H,1,8-26H2,2-7H3/t28-,29?,30?,31?,32-,33?,34?,35?,37-,38+,39+,40+/m0/s1. The van der Waals surface area contributed by atoms with Gasteiger partial charge < -0.3 is 18.9 Å². The number of hydrogen-bond donors (Lipinski definition) is 0. The van der Waals surface area contributed by atoms with E-state index in [-0.39, 0.29) is 18.0 Å². The van der Waals surface area contributed by atoms with Crippen molar-refractivity contribution < 1.29 is 18.9 Å². The van der Waals surface area contributed by atoms with Crippen molar-refractivity contribution in [1.29, 1.82) is 0 Å². The largest absolute Gasteiger partial charge is 0.353 e. The van der Waals surface area contributed by atoms with Crippen LogP contribution in [0.3, 0.4) is 0 Å². The Kier molecular flexibility index (Phi) is 8.49. The SMILES string of the molecule is C=C(C)[C@@H]1CC[C@]2(COC3CCCCO3)CC[C@]3(C)C(CCC4[C@@]5(C)CC[C@H](OC6CCCCO6)C(C)(C)C5CC[C@]43C)C12. The van der Waals surface area contributed by atoms with Crippen LogP contribution in [0.15, 0.2) is 12.2 Å². The zero-order valence-corrected chi connectivity index (χ0v) is 29.4. The summed E-state index contributed by atoms with van der Waals surface area (Å²) in [6, 6.07) is 0. The van der Waals surface area contributed by atoms with Gasteiger partial charge in [0.15, 0.2) is 12.6 Å². The first-order valence-corrected chi connectivity index (χ1v) is 19.1. The van der Waals surface area contributed by atoms with Crippen LogP contribution >= 0.6 is 0 Å². The number of fused-ring (bicyclic) bond motifs is 7. The fourth-order valence-corrected chi connectivity index (χ4v) is 13.9. The summed E-state index contributed by atoms with van der Waals surface area (Å²) < 4.78 is 25.7. The zero-order valence-electron chi connectivity index (χ0n) is 29.4. The summed E-state index contributed by atoms with van der Waals surface area (Å²) in [5.41, 5.74) is 3.07. The molecule has 4 nitrogen and oxygen atoms in total. The van der Waals surface area contributed by atoms with Crippen molar-refractivity contribution in [2.24, 2.45) is 56.7 Å². The van der Waals surface area contributed by atoms with E-state index in [2.05, 4.69) is 48.1 Å². The van der Waals surface area contributed by atoms with E-state index in [0.29, 0.717) is 39.6 Å². The molecule has 4 heteroatoms. The maximum absolute atomic E-state index is 6.82. The Bertz CT molecular complexity index is 1060. The number of hydrogen-bond acceptors (Lipinski definition) is 4. The van der Waals surface area contributed by atoms with Crippen molar-refractivity contribution in [2.75, 3.05) is 19.8 Å². The highest BCUT2D eigenvalue weighted by Crippen LogP contribution is 2.77. The minimum Gasteiger partial charge on any atom is -0.353 e. The van der Waals surface area contributed by atoms with Gasteiger partial charge in [-0.05, 0) is 166 Å². The summed E-state index contributed by atoms with van der Waals surface area (Å²) in [5.74, 6) is 3.65. The Morgan fingerprint density at radius 3 is 2.11 bits per heavy atom. The molecule has 0 bridgehead atoms. The number of rotatable bonds is 6. The first-order chi connectivity index (χ1) is 20.9. The molecule has 0 N–H and O–H groups in total. The minimum atomic E-state index is 0.0180. The van der Waals surface area contributed by atoms with Crippen LogP contribution in [0.25, 0.3) is 0 Å². The van der Waals surface area contributed by atoms with Crippen molar-refractivity contribution in [1.82, 2.24) is 0 Å². The van der Waals surface area contributed by atoms with E-state index in [9.17, 15) is 0 Å². The average Bonchev–Trinajstić information content (AvgIpc) is 3.39. The van der Waals surface area contributed by atoms with Crippen molar-refractivity contribution >= 4 is 0 Å². The molecular formula is C40H66O4. The Hall–Kier alpha value is -0.420. The van der Waals surface area contributed by atoms with Gasteiger partial charge >= 0.3 is 0 Å². The Labute approximate surface area is 270 Å². The lowest BCUT2D eigenvalue weighted by Crippen LogP contribution is -2.67. The van der Waals surface area contributed by atoms with E-state index in [1.165, 1.54) is 95.5 Å². The van der Waals surface area contributed by atoms with Crippen LogP contribution in [0.4, 0.5) is 0 Å². The van der Waals surface area contributed by atoms with Gasteiger partial charge in [-0.1, -0.05) is 46.8 Å². The predicted octanol–water partition coefficient (Wildman–Crippen LogP) is 10.1. The smallest absolute Gasteiger partial charge is 0.157 e. The fraction of sp³-hybridized carbons (Fsp3) is 0.950. The van der Waals surface area contributed by atoms with Gasteiger partial charge in [0, 0.05) is 13.2 Å². The third kappa shape index (κ3) is 4.87. The molecule has 6 unspecified atom stereocenters. The summed E-state index contributed by atoms with van der Waals surface area (Å²) in [7, 11) is 0. The van der Waals surface area contributed by atoms with Crippen molar-refractivity contribution in [3.8, 4) is 0 Å². The molecule has 5 saturated carbocycles. The molecule has 2 aliphatic heterocycles. The molecule has 0 aromatic rings. The molecule has 0 radical (unpaired) electrons. The highest BCUT2D eigenvalue weighted by atomic mass is 16.7. The maximum Gasteiger partial charge on any atom is 0.157 e. The van der Waals surface area contributed by atoms with Gasteiger partial charge in [0.1, 0.15) is 0 Å². The van der Waals surface area contributed by atoms with Gasteiger partial charge in [-0.25, -0.2) is 0 Å². The molecule has 7 fully saturated rings. The molecule has 12 atom stereocenters. The molecule has 2 saturated heterocycles. The number of ether oxygens (including phenoxy) is 4. The molecule has 44 heavy (non-hydrogen) atoms. The van der Waals surface area contributed by atoms with Crippen LogP contribution in [0.1, 0.15) is 144 Å². The molecule has 0 amide bonds. The van der Waals surface area contributed by atoms with Crippen LogP contribution in [0.2, 0.25) is 0 Å². The average molecular weight is 611 g/mol. The number of allylic oxidation sites excluding steroid dienone is 1. The molecule has 2 heterocycles. The Balaban J connectivity index is 1.14. The normalized spacial score (nSPS) is 51.9. The highest BCUT2D eigenvalue weighted by molar-refractivity contribution is 5.21. The van der Waals surface area contributed by atoms with Gasteiger partial charge in [-0.15, -0.1) is 0 Å². The molecule has 0 aromatic carbocycles. The van der Waals surface area contributed by atoms with E-state index in [4.69, 9.17) is 18.9 Å². The van der Waals surface area contributed by atoms with E-state index in [0.717, 1.165) is 50.4 Å². The first-order valence-electron chi connectivity index (χ1n) is 19.1. The zero-order chi connectivity index (χ0) is 31.0. The van der Waals surface area contributed by atoms with Crippen LogP contribution in [0.5, 0.6) is 0 Å². The molecule has 250 valence electrons. The molecule has 5 aliphatic carbocycles. The van der Waals surface area contributed by atoms with E-state index in [1.807, 2.05) is 0 Å². The van der Waals surface area contributed by atoms with E-state index in [1.54, 1.807) is 0 Å². The van der Waals surface area contributed by atoms with Gasteiger partial charge in [0.05, 0.1) is 12.7 Å². The van der Waals surface area contributed by atoms with Crippen molar-refractivity contribution in [2.45, 2.75) is 163 Å². The lowest BCUT2D eigenvalue weighted by molar-refractivity contribution is -0.276. The van der Waals surface area contributed by atoms with Crippen molar-refractivity contribution in [3.05, 3.63) is 12.2 Å². The summed E-state index contributed by atoms with van der Waals surface area (Å²) in [5, 5.41) is 0. The highest BCUT2D eigenvalue weighted by Gasteiger charge is 2.71. The second-order valence-electron chi connectivity index (χ2n) is 18.4. The second kappa shape index (κ2) is 11.6. The minimum absolute atomic E-state index is 0.0180. The Morgan fingerprint density at radius 1 is 0.705 bits per heavy atom. The summed E-state index contributed by atoms with van der Waals surface area (Å²) in [4.78, 5) is 0. The summed E-state index contributed by atoms with van der Waals surface area (Å²) in [6.45, 7) is 23.0. The second-order valence-corrected chi connectivity index (χ2v) is 18.4. The van der Waals surface area contributed by atoms with Gasteiger partial charge in [-0.3, -0.25) is 0 Å². The molecule has 0 aromatic heterocycles. The van der Waals surface area contributed by atoms with Crippen LogP contribution in [-0.2, 0) is 18.9 Å². The summed E-state index contributed by atoms with van der Waals surface area (Å²) in [6.07, 6.45) is 20.7. The fourth-order valence-electron chi connectivity index (χ4n) is 13.9. The van der Waals surface area contributed by atoms with Crippen LogP contribution in [-0.4, -0.2) is 38.5 Å². The molecule has 7 rings (SSSR count). The summed E-state index contributed by atoms with van der Waals surface area (Å²) >= 11 is 0. The molecule has 7 aliphatic rings. The van der Waals surface area contributed by atoms with E-state index < -0.39 is 0 Å². The van der Waals surface area contributed by atoms with Gasteiger partial charge in [0.25, 0.3) is 0 Å². The topological polar surface area (TPSA) is 36.9 Å². The van der Waals surface area contributed by atoms with Gasteiger partial charge in [-0.2, -0.15) is 0 Å². The Morgan fingerprint density at radius 2 is 1.43 bits per heavy atom. The maximum atomic E-state index is 6.82. The van der Waals surface area contributed by atoms with Crippen LogP contribution < -0.4 is 0 Å².